The maximum absolute atomic E-state index is 13.6. The first-order valence-electron chi connectivity index (χ1n) is 5.43. The van der Waals surface area contributed by atoms with Gasteiger partial charge in [-0.1, -0.05) is 17.7 Å². The molecule has 0 radical (unpaired) electrons. The molecule has 0 saturated heterocycles. The third kappa shape index (κ3) is 2.46. The first-order valence-corrected chi connectivity index (χ1v) is 5.43. The summed E-state index contributed by atoms with van der Waals surface area (Å²) < 4.78 is 18.5. The molecule has 1 aromatic heterocycles. The minimum Gasteiger partial charge on any atom is -0.480 e. The predicted octanol–water partition coefficient (Wildman–Crippen LogP) is 2.01. The number of nitrogens with zero attached hydrogens (tertiary/aromatic N) is 2. The zero-order valence-corrected chi connectivity index (χ0v) is 10.1. The first-order chi connectivity index (χ1) is 8.61. The topological polar surface area (TPSA) is 55.2 Å². The molecular weight excluding hydrogens is 235 g/mol. The summed E-state index contributed by atoms with van der Waals surface area (Å²) in [5, 5.41) is 17.6. The van der Waals surface area contributed by atoms with Crippen LogP contribution in [0, 0.1) is 12.7 Å². The molecule has 2 aromatic rings. The highest BCUT2D eigenvalue weighted by Crippen LogP contribution is 2.24. The van der Waals surface area contributed by atoms with E-state index in [1.807, 2.05) is 6.92 Å². The molecule has 0 fully saturated rings. The molecule has 0 aliphatic rings. The average molecular weight is 248 g/mol. The van der Waals surface area contributed by atoms with Gasteiger partial charge in [-0.2, -0.15) is 0 Å². The Morgan fingerprint density at radius 2 is 2.00 bits per heavy atom. The Bertz CT molecular complexity index is 543. The Balaban J connectivity index is 2.34. The van der Waals surface area contributed by atoms with Crippen LogP contribution in [0.25, 0.3) is 0 Å². The zero-order valence-electron chi connectivity index (χ0n) is 10.1. The van der Waals surface area contributed by atoms with Gasteiger partial charge in [0.2, 0.25) is 5.88 Å². The maximum atomic E-state index is 13.6. The molecule has 1 unspecified atom stereocenters. The molecule has 5 heteroatoms. The second kappa shape index (κ2) is 5.10. The minimum atomic E-state index is -1.14. The van der Waals surface area contributed by atoms with Crippen molar-refractivity contribution in [1.29, 1.82) is 0 Å². The quantitative estimate of drug-likeness (QED) is 0.902. The molecule has 1 heterocycles. The summed E-state index contributed by atoms with van der Waals surface area (Å²) in [6, 6.07) is 7.68. The molecule has 0 amide bonds. The van der Waals surface area contributed by atoms with Crippen LogP contribution in [0.15, 0.2) is 30.3 Å². The lowest BCUT2D eigenvalue weighted by Crippen LogP contribution is -2.06. The van der Waals surface area contributed by atoms with Crippen LogP contribution in [0.4, 0.5) is 4.39 Å². The number of benzene rings is 1. The fourth-order valence-electron chi connectivity index (χ4n) is 1.62. The number of methoxy groups -OCH3 is 1. The van der Waals surface area contributed by atoms with Crippen LogP contribution >= 0.6 is 0 Å². The standard InChI is InChI=1S/C13H13FN2O2/c1-8-3-4-10(14)9(7-8)13(17)11-5-6-12(18-2)16-15-11/h3-7,13,17H,1-2H3. The van der Waals surface area contributed by atoms with E-state index >= 15 is 0 Å². The SMILES string of the molecule is COc1ccc(C(O)c2cc(C)ccc2F)nn1. The molecule has 18 heavy (non-hydrogen) atoms. The molecule has 2 rings (SSSR count). The van der Waals surface area contributed by atoms with E-state index in [9.17, 15) is 9.50 Å². The Morgan fingerprint density at radius 3 is 2.61 bits per heavy atom. The van der Waals surface area contributed by atoms with Gasteiger partial charge in [-0.25, -0.2) is 4.39 Å². The van der Waals surface area contributed by atoms with Crippen molar-refractivity contribution in [3.63, 3.8) is 0 Å². The second-order valence-corrected chi connectivity index (χ2v) is 3.93. The van der Waals surface area contributed by atoms with Gasteiger partial charge in [0.25, 0.3) is 0 Å². The average Bonchev–Trinajstić information content (AvgIpc) is 2.41. The van der Waals surface area contributed by atoms with E-state index in [1.165, 1.54) is 13.2 Å². The molecule has 94 valence electrons. The fraction of sp³-hybridized carbons (Fsp3) is 0.231. The third-order valence-corrected chi connectivity index (χ3v) is 2.60. The van der Waals surface area contributed by atoms with Gasteiger partial charge in [0.15, 0.2) is 0 Å². The largest absolute Gasteiger partial charge is 0.480 e. The van der Waals surface area contributed by atoms with E-state index in [0.717, 1.165) is 5.56 Å². The van der Waals surface area contributed by atoms with E-state index < -0.39 is 11.9 Å². The summed E-state index contributed by atoms with van der Waals surface area (Å²) in [4.78, 5) is 0. The van der Waals surface area contributed by atoms with E-state index in [2.05, 4.69) is 10.2 Å². The van der Waals surface area contributed by atoms with Crippen molar-refractivity contribution in [1.82, 2.24) is 10.2 Å². The summed E-state index contributed by atoms with van der Waals surface area (Å²) in [6.45, 7) is 1.83. The highest BCUT2D eigenvalue weighted by molar-refractivity contribution is 5.30. The van der Waals surface area contributed by atoms with Crippen LogP contribution in [0.1, 0.15) is 22.9 Å². The Labute approximate surface area is 104 Å². The monoisotopic (exact) mass is 248 g/mol. The minimum absolute atomic E-state index is 0.189. The number of hydrogen-bond donors (Lipinski definition) is 1. The maximum Gasteiger partial charge on any atom is 0.233 e. The summed E-state index contributed by atoms with van der Waals surface area (Å²) in [5.41, 5.74) is 1.33. The number of aliphatic hydroxyl groups is 1. The number of halogens is 1. The van der Waals surface area contributed by atoms with Crippen molar-refractivity contribution in [2.75, 3.05) is 7.11 Å². The Kier molecular flexibility index (Phi) is 3.53. The van der Waals surface area contributed by atoms with Crippen molar-refractivity contribution in [3.05, 3.63) is 53.0 Å². The lowest BCUT2D eigenvalue weighted by Gasteiger charge is -2.11. The normalized spacial score (nSPS) is 12.2. The fourth-order valence-corrected chi connectivity index (χ4v) is 1.62. The lowest BCUT2D eigenvalue weighted by atomic mass is 10.0. The van der Waals surface area contributed by atoms with Gasteiger partial charge < -0.3 is 9.84 Å². The number of aromatic nitrogens is 2. The molecular formula is C13H13FN2O2. The van der Waals surface area contributed by atoms with Crippen LogP contribution in [0.5, 0.6) is 5.88 Å². The molecule has 0 spiro atoms. The highest BCUT2D eigenvalue weighted by Gasteiger charge is 2.17. The molecule has 0 aliphatic heterocycles. The molecule has 0 bridgehead atoms. The van der Waals surface area contributed by atoms with Gasteiger partial charge in [0.05, 0.1) is 12.8 Å². The summed E-state index contributed by atoms with van der Waals surface area (Å²) in [5.74, 6) is -0.124. The van der Waals surface area contributed by atoms with Crippen LogP contribution in [0.2, 0.25) is 0 Å². The molecule has 0 saturated carbocycles. The zero-order chi connectivity index (χ0) is 13.1. The number of hydrogen-bond acceptors (Lipinski definition) is 4. The molecule has 0 aliphatic carbocycles. The van der Waals surface area contributed by atoms with Crippen molar-refractivity contribution in [3.8, 4) is 5.88 Å². The summed E-state index contributed by atoms with van der Waals surface area (Å²) in [7, 11) is 1.47. The molecule has 1 aromatic carbocycles. The van der Waals surface area contributed by atoms with E-state index in [-0.39, 0.29) is 11.3 Å². The first kappa shape index (κ1) is 12.4. The number of rotatable bonds is 3. The predicted molar refractivity (Wildman–Crippen MR) is 63.8 cm³/mol. The van der Waals surface area contributed by atoms with Gasteiger partial charge in [0.1, 0.15) is 11.9 Å². The lowest BCUT2D eigenvalue weighted by molar-refractivity contribution is 0.208. The van der Waals surface area contributed by atoms with Crippen molar-refractivity contribution >= 4 is 0 Å². The highest BCUT2D eigenvalue weighted by atomic mass is 19.1. The summed E-state index contributed by atoms with van der Waals surface area (Å²) >= 11 is 0. The van der Waals surface area contributed by atoms with Crippen molar-refractivity contribution in [2.24, 2.45) is 0 Å². The van der Waals surface area contributed by atoms with Gasteiger partial charge in [0, 0.05) is 11.6 Å². The van der Waals surface area contributed by atoms with Gasteiger partial charge >= 0.3 is 0 Å². The summed E-state index contributed by atoms with van der Waals surface area (Å²) in [6.07, 6.45) is -1.14. The van der Waals surface area contributed by atoms with Crippen molar-refractivity contribution < 1.29 is 14.2 Å². The van der Waals surface area contributed by atoms with E-state index in [0.29, 0.717) is 5.88 Å². The number of aliphatic hydroxyl groups excluding tert-OH is 1. The van der Waals surface area contributed by atoms with Crippen LogP contribution < -0.4 is 4.74 Å². The molecule has 1 atom stereocenters. The molecule has 1 N–H and O–H groups in total. The number of ether oxygens (including phenoxy) is 1. The van der Waals surface area contributed by atoms with E-state index in [4.69, 9.17) is 4.74 Å². The smallest absolute Gasteiger partial charge is 0.233 e. The van der Waals surface area contributed by atoms with Crippen LogP contribution in [-0.4, -0.2) is 22.4 Å². The Morgan fingerprint density at radius 1 is 1.22 bits per heavy atom. The van der Waals surface area contributed by atoms with Gasteiger partial charge in [-0.15, -0.1) is 10.2 Å². The van der Waals surface area contributed by atoms with Gasteiger partial charge in [-0.3, -0.25) is 0 Å². The third-order valence-electron chi connectivity index (χ3n) is 2.60. The Hall–Kier alpha value is -2.01. The van der Waals surface area contributed by atoms with Crippen LogP contribution in [0.3, 0.4) is 0 Å². The molecule has 4 nitrogen and oxygen atoms in total. The van der Waals surface area contributed by atoms with E-state index in [1.54, 1.807) is 24.3 Å². The van der Waals surface area contributed by atoms with Gasteiger partial charge in [-0.05, 0) is 19.1 Å². The number of aryl methyl sites for hydroxylation is 1. The van der Waals surface area contributed by atoms with Crippen molar-refractivity contribution in [2.45, 2.75) is 13.0 Å². The second-order valence-electron chi connectivity index (χ2n) is 3.93. The van der Waals surface area contributed by atoms with Crippen LogP contribution in [-0.2, 0) is 0 Å².